The highest BCUT2D eigenvalue weighted by Crippen LogP contribution is 2.24. The Kier molecular flexibility index (Phi) is 6.56. The van der Waals surface area contributed by atoms with Gasteiger partial charge in [0.1, 0.15) is 0 Å². The molecule has 2 nitrogen and oxygen atoms in total. The average Bonchev–Trinajstić information content (AvgIpc) is 2.75. The Morgan fingerprint density at radius 1 is 0.759 bits per heavy atom. The van der Waals surface area contributed by atoms with E-state index in [2.05, 4.69) is 93.1 Å². The summed E-state index contributed by atoms with van der Waals surface area (Å²) in [5, 5.41) is 0. The van der Waals surface area contributed by atoms with Gasteiger partial charge in [0.15, 0.2) is 0 Å². The van der Waals surface area contributed by atoms with Crippen molar-refractivity contribution in [3.63, 3.8) is 0 Å². The Morgan fingerprint density at radius 2 is 1.31 bits per heavy atom. The zero-order chi connectivity index (χ0) is 20.7. The van der Waals surface area contributed by atoms with E-state index < -0.39 is 0 Å². The Hall–Kier alpha value is -3.26. The fourth-order valence-electron chi connectivity index (χ4n) is 2.97. The molecule has 0 radical (unpaired) electrons. The minimum Gasteiger partial charge on any atom is -0.284 e. The van der Waals surface area contributed by atoms with Gasteiger partial charge in [-0.2, -0.15) is 0 Å². The largest absolute Gasteiger partial charge is 0.284 e. The van der Waals surface area contributed by atoms with Crippen molar-refractivity contribution in [3.05, 3.63) is 102 Å². The van der Waals surface area contributed by atoms with Gasteiger partial charge in [-0.15, -0.1) is 0 Å². The fraction of sp³-hybridized carbons (Fsp3) is 0.185. The third kappa shape index (κ3) is 5.86. The predicted molar refractivity (Wildman–Crippen MR) is 127 cm³/mol. The van der Waals surface area contributed by atoms with Crippen LogP contribution in [0, 0.1) is 5.41 Å². The first-order valence-electron chi connectivity index (χ1n) is 9.90. The molecule has 3 aromatic rings. The lowest BCUT2D eigenvalue weighted by Gasteiger charge is -2.15. The van der Waals surface area contributed by atoms with E-state index in [0.717, 1.165) is 29.1 Å². The molecular weight excluding hydrogens is 352 g/mol. The molecule has 3 aromatic carbocycles. The smallest absolute Gasteiger partial charge is 0.0716 e. The highest BCUT2D eigenvalue weighted by Gasteiger charge is 2.11. The molecule has 0 fully saturated rings. The molecule has 29 heavy (non-hydrogen) atoms. The Balaban J connectivity index is 1.96. The van der Waals surface area contributed by atoms with Crippen molar-refractivity contribution in [1.82, 2.24) is 0 Å². The minimum atomic E-state index is 0.118. The molecule has 0 aliphatic heterocycles. The van der Waals surface area contributed by atoms with Crippen LogP contribution in [0.15, 0.2) is 101 Å². The van der Waals surface area contributed by atoms with E-state index in [1.807, 2.05) is 30.3 Å². The third-order valence-electron chi connectivity index (χ3n) is 4.52. The minimum absolute atomic E-state index is 0.118. The van der Waals surface area contributed by atoms with Crippen LogP contribution in [-0.2, 0) is 0 Å². The van der Waals surface area contributed by atoms with E-state index >= 15 is 0 Å². The van der Waals surface area contributed by atoms with Gasteiger partial charge in [0.2, 0.25) is 0 Å². The van der Waals surface area contributed by atoms with E-state index in [9.17, 15) is 0 Å². The topological polar surface area (TPSA) is 24.7 Å². The van der Waals surface area contributed by atoms with Crippen LogP contribution in [0.3, 0.4) is 0 Å². The monoisotopic (exact) mass is 380 g/mol. The summed E-state index contributed by atoms with van der Waals surface area (Å²) in [6, 6.07) is 29.0. The summed E-state index contributed by atoms with van der Waals surface area (Å²) in [6.45, 7) is 11.1. The van der Waals surface area contributed by atoms with Crippen molar-refractivity contribution in [2.75, 3.05) is 6.54 Å². The van der Waals surface area contributed by atoms with Crippen molar-refractivity contribution in [1.29, 1.82) is 0 Å². The van der Waals surface area contributed by atoms with Crippen LogP contribution in [-0.4, -0.2) is 19.0 Å². The number of benzene rings is 3. The maximum Gasteiger partial charge on any atom is 0.0716 e. The van der Waals surface area contributed by atoms with Crippen molar-refractivity contribution < 1.29 is 0 Å². The van der Waals surface area contributed by atoms with Gasteiger partial charge in [-0.05, 0) is 34.9 Å². The van der Waals surface area contributed by atoms with Crippen molar-refractivity contribution in [3.8, 4) is 11.1 Å². The van der Waals surface area contributed by atoms with Gasteiger partial charge < -0.3 is 0 Å². The predicted octanol–water partition coefficient (Wildman–Crippen LogP) is 6.93. The zero-order valence-electron chi connectivity index (χ0n) is 17.5. The lowest BCUT2D eigenvalue weighted by molar-refractivity contribution is 0.430. The van der Waals surface area contributed by atoms with Crippen LogP contribution in [0.2, 0.25) is 0 Å². The van der Waals surface area contributed by atoms with Crippen LogP contribution in [0.1, 0.15) is 31.9 Å². The van der Waals surface area contributed by atoms with Crippen LogP contribution >= 0.6 is 0 Å². The summed E-state index contributed by atoms with van der Waals surface area (Å²) in [6.07, 6.45) is 2.03. The molecule has 146 valence electrons. The Morgan fingerprint density at radius 3 is 1.86 bits per heavy atom. The maximum absolute atomic E-state index is 4.90. The number of nitrogens with zero attached hydrogens (tertiary/aromatic N) is 2. The molecule has 0 heterocycles. The van der Waals surface area contributed by atoms with Crippen LogP contribution in [0.5, 0.6) is 0 Å². The van der Waals surface area contributed by atoms with Crippen LogP contribution in [0.25, 0.3) is 16.8 Å². The molecule has 2 heteroatoms. The van der Waals surface area contributed by atoms with Crippen molar-refractivity contribution in [2.45, 2.75) is 20.8 Å². The molecular formula is C27H28N2. The SMILES string of the molecule is C=N/C(=C\C(=NCC(C)(C)C)c1ccccc1)c1ccc(-c2ccccc2)cc1. The molecule has 0 amide bonds. The highest BCUT2D eigenvalue weighted by molar-refractivity contribution is 6.12. The number of allylic oxidation sites excluding steroid dienone is 1. The molecule has 0 spiro atoms. The number of aliphatic imine (C=N–C) groups is 2. The Bertz CT molecular complexity index is 990. The first-order valence-corrected chi connectivity index (χ1v) is 9.90. The molecule has 0 aliphatic carbocycles. The van der Waals surface area contributed by atoms with Crippen LogP contribution < -0.4 is 0 Å². The van der Waals surface area contributed by atoms with E-state index in [4.69, 9.17) is 4.99 Å². The Labute approximate surface area is 174 Å². The molecule has 0 atom stereocenters. The lowest BCUT2D eigenvalue weighted by Crippen LogP contribution is -2.12. The summed E-state index contributed by atoms with van der Waals surface area (Å²) in [5.74, 6) is 0. The summed E-state index contributed by atoms with van der Waals surface area (Å²) in [4.78, 5) is 9.20. The third-order valence-corrected chi connectivity index (χ3v) is 4.52. The van der Waals surface area contributed by atoms with E-state index in [-0.39, 0.29) is 5.41 Å². The second kappa shape index (κ2) is 9.29. The normalized spacial score (nSPS) is 12.7. The number of hydrogen-bond donors (Lipinski definition) is 0. The standard InChI is InChI=1S/C27H28N2/c1-27(2,3)20-29-26(23-13-9-6-10-14-23)19-25(28-4)24-17-15-22(16-18-24)21-11-7-5-8-12-21/h5-19H,4,20H2,1-3H3/b25-19-,29-26?. The molecule has 0 saturated carbocycles. The maximum atomic E-state index is 4.90. The second-order valence-corrected chi connectivity index (χ2v) is 8.26. The van der Waals surface area contributed by atoms with Gasteiger partial charge >= 0.3 is 0 Å². The summed E-state index contributed by atoms with van der Waals surface area (Å²) >= 11 is 0. The average molecular weight is 381 g/mol. The molecule has 0 unspecified atom stereocenters. The molecule has 3 rings (SSSR count). The molecule has 0 aliphatic rings. The van der Waals surface area contributed by atoms with Gasteiger partial charge in [-0.1, -0.05) is 106 Å². The van der Waals surface area contributed by atoms with Crippen LogP contribution in [0.4, 0.5) is 0 Å². The van der Waals surface area contributed by atoms with Crippen molar-refractivity contribution >= 4 is 18.1 Å². The van der Waals surface area contributed by atoms with Gasteiger partial charge in [0.05, 0.1) is 11.4 Å². The first-order chi connectivity index (χ1) is 14.0. The highest BCUT2D eigenvalue weighted by atomic mass is 14.8. The molecule has 0 aromatic heterocycles. The molecule has 0 N–H and O–H groups in total. The lowest BCUT2D eigenvalue weighted by atomic mass is 9.97. The van der Waals surface area contributed by atoms with Gasteiger partial charge in [-0.25, -0.2) is 0 Å². The van der Waals surface area contributed by atoms with E-state index in [0.29, 0.717) is 0 Å². The van der Waals surface area contributed by atoms with E-state index in [1.54, 1.807) is 0 Å². The summed E-state index contributed by atoms with van der Waals surface area (Å²) in [7, 11) is 0. The van der Waals surface area contributed by atoms with E-state index in [1.165, 1.54) is 11.1 Å². The number of rotatable bonds is 6. The molecule has 0 saturated heterocycles. The summed E-state index contributed by atoms with van der Waals surface area (Å²) in [5.41, 5.74) is 6.36. The van der Waals surface area contributed by atoms with Gasteiger partial charge in [-0.3, -0.25) is 9.98 Å². The first kappa shape index (κ1) is 20.5. The fourth-order valence-corrected chi connectivity index (χ4v) is 2.97. The number of hydrogen-bond acceptors (Lipinski definition) is 2. The molecule has 0 bridgehead atoms. The summed E-state index contributed by atoms with van der Waals surface area (Å²) < 4.78 is 0. The van der Waals surface area contributed by atoms with Gasteiger partial charge in [0.25, 0.3) is 0 Å². The second-order valence-electron chi connectivity index (χ2n) is 8.26. The quantitative estimate of drug-likeness (QED) is 0.414. The van der Waals surface area contributed by atoms with Crippen molar-refractivity contribution in [2.24, 2.45) is 15.4 Å². The van der Waals surface area contributed by atoms with Gasteiger partial charge in [0, 0.05) is 12.1 Å². The zero-order valence-corrected chi connectivity index (χ0v) is 17.5.